The van der Waals surface area contributed by atoms with Gasteiger partial charge < -0.3 is 20.3 Å². The number of hydrogen-bond donors (Lipinski definition) is 2. The average Bonchev–Trinajstić information content (AvgIpc) is 3.28. The van der Waals surface area contributed by atoms with Crippen LogP contribution >= 0.6 is 0 Å². The van der Waals surface area contributed by atoms with Crippen molar-refractivity contribution >= 4 is 11.7 Å². The molecule has 2 aliphatic rings. The number of carbonyl (C=O) groups excluding carboxylic acids is 1. The van der Waals surface area contributed by atoms with Crippen molar-refractivity contribution in [2.24, 2.45) is 5.92 Å². The zero-order valence-corrected chi connectivity index (χ0v) is 17.6. The number of benzene rings is 2. The van der Waals surface area contributed by atoms with Crippen molar-refractivity contribution in [3.05, 3.63) is 65.7 Å². The van der Waals surface area contributed by atoms with Crippen LogP contribution in [0.25, 0.3) is 0 Å². The van der Waals surface area contributed by atoms with Gasteiger partial charge in [-0.1, -0.05) is 42.5 Å². The van der Waals surface area contributed by atoms with Gasteiger partial charge in [0.25, 0.3) is 0 Å². The van der Waals surface area contributed by atoms with Crippen molar-refractivity contribution < 1.29 is 9.53 Å². The molecule has 1 unspecified atom stereocenters. The lowest BCUT2D eigenvalue weighted by Crippen LogP contribution is -2.39. The second-order valence-corrected chi connectivity index (χ2v) is 8.16. The molecule has 0 saturated carbocycles. The summed E-state index contributed by atoms with van der Waals surface area (Å²) in [7, 11) is 0. The monoisotopic (exact) mass is 408 g/mol. The van der Waals surface area contributed by atoms with E-state index < -0.39 is 0 Å². The number of nitrogens with one attached hydrogen (secondary N) is 2. The molecule has 2 aromatic carbocycles. The lowest BCUT2D eigenvalue weighted by atomic mass is 10.1. The summed E-state index contributed by atoms with van der Waals surface area (Å²) in [6.45, 7) is 7.72. The molecule has 30 heavy (non-hydrogen) atoms. The third-order valence-electron chi connectivity index (χ3n) is 6.01. The minimum atomic E-state index is -0.0886. The lowest BCUT2D eigenvalue weighted by Gasteiger charge is -2.27. The van der Waals surface area contributed by atoms with Crippen LogP contribution < -0.4 is 15.5 Å². The molecular weight excluding hydrogens is 376 g/mol. The van der Waals surface area contributed by atoms with Gasteiger partial charge in [0.05, 0.1) is 13.2 Å². The summed E-state index contributed by atoms with van der Waals surface area (Å²) in [6, 6.07) is 18.8. The zero-order chi connectivity index (χ0) is 20.6. The van der Waals surface area contributed by atoms with E-state index in [1.807, 2.05) is 12.1 Å². The molecule has 2 saturated heterocycles. The highest BCUT2D eigenvalue weighted by Gasteiger charge is 2.23. The minimum Gasteiger partial charge on any atom is -0.379 e. The Labute approximate surface area is 179 Å². The van der Waals surface area contributed by atoms with Gasteiger partial charge in [-0.2, -0.15) is 0 Å². The Balaban J connectivity index is 1.21. The highest BCUT2D eigenvalue weighted by Crippen LogP contribution is 2.22. The molecule has 1 atom stereocenters. The maximum atomic E-state index is 12.4. The quantitative estimate of drug-likeness (QED) is 0.740. The summed E-state index contributed by atoms with van der Waals surface area (Å²) in [4.78, 5) is 17.2. The number of amides is 2. The van der Waals surface area contributed by atoms with Crippen molar-refractivity contribution in [1.29, 1.82) is 0 Å². The number of nitrogens with zero attached hydrogens (tertiary/aromatic N) is 2. The first-order valence-corrected chi connectivity index (χ1v) is 11.0. The van der Waals surface area contributed by atoms with E-state index in [9.17, 15) is 4.79 Å². The first-order valence-electron chi connectivity index (χ1n) is 11.0. The van der Waals surface area contributed by atoms with Crippen LogP contribution in [0.1, 0.15) is 17.5 Å². The van der Waals surface area contributed by atoms with E-state index in [-0.39, 0.29) is 6.03 Å². The molecule has 2 fully saturated rings. The van der Waals surface area contributed by atoms with Gasteiger partial charge >= 0.3 is 6.03 Å². The number of ether oxygens (including phenoxy) is 1. The van der Waals surface area contributed by atoms with Gasteiger partial charge in [0, 0.05) is 51.5 Å². The maximum absolute atomic E-state index is 12.4. The topological polar surface area (TPSA) is 56.8 Å². The molecule has 6 heteroatoms. The van der Waals surface area contributed by atoms with E-state index >= 15 is 0 Å². The summed E-state index contributed by atoms with van der Waals surface area (Å²) in [5.74, 6) is 0.490. The Morgan fingerprint density at radius 1 is 0.933 bits per heavy atom. The van der Waals surface area contributed by atoms with Crippen molar-refractivity contribution in [2.75, 3.05) is 50.8 Å². The van der Waals surface area contributed by atoms with Gasteiger partial charge in [0.15, 0.2) is 0 Å². The van der Waals surface area contributed by atoms with Crippen LogP contribution in [-0.4, -0.2) is 56.9 Å². The van der Waals surface area contributed by atoms with Crippen molar-refractivity contribution in [3.63, 3.8) is 0 Å². The van der Waals surface area contributed by atoms with Crippen molar-refractivity contribution in [3.8, 4) is 0 Å². The van der Waals surface area contributed by atoms with Gasteiger partial charge in [0.2, 0.25) is 0 Å². The van der Waals surface area contributed by atoms with Gasteiger partial charge in [0.1, 0.15) is 0 Å². The standard InChI is InChI=1S/C24H32N4O2/c29-24(25-16-20-10-11-28(18-20)23-8-2-1-3-9-23)26-17-21-6-4-5-7-22(21)19-27-12-14-30-15-13-27/h1-9,20H,10-19H2,(H2,25,26,29). The molecule has 0 aromatic heterocycles. The number of rotatable bonds is 7. The number of carbonyl (C=O) groups is 1. The number of morpholine rings is 1. The van der Waals surface area contributed by atoms with Gasteiger partial charge in [-0.05, 0) is 35.6 Å². The van der Waals surface area contributed by atoms with Crippen molar-refractivity contribution in [1.82, 2.24) is 15.5 Å². The predicted molar refractivity (Wildman–Crippen MR) is 120 cm³/mol. The second kappa shape index (κ2) is 10.5. The molecule has 160 valence electrons. The predicted octanol–water partition coefficient (Wildman–Crippen LogP) is 2.84. The summed E-state index contributed by atoms with van der Waals surface area (Å²) < 4.78 is 5.44. The first-order chi connectivity index (χ1) is 14.8. The van der Waals surface area contributed by atoms with Crippen LogP contribution in [0.5, 0.6) is 0 Å². The molecular formula is C24H32N4O2. The summed E-state index contributed by atoms with van der Waals surface area (Å²) in [5.41, 5.74) is 3.71. The number of para-hydroxylation sites is 1. The molecule has 4 rings (SSSR count). The summed E-state index contributed by atoms with van der Waals surface area (Å²) in [6.07, 6.45) is 1.11. The minimum absolute atomic E-state index is 0.0886. The Morgan fingerprint density at radius 2 is 1.67 bits per heavy atom. The third-order valence-corrected chi connectivity index (χ3v) is 6.01. The fourth-order valence-corrected chi connectivity index (χ4v) is 4.23. The summed E-state index contributed by atoms with van der Waals surface area (Å²) in [5, 5.41) is 6.10. The van der Waals surface area contributed by atoms with Crippen LogP contribution in [0.3, 0.4) is 0 Å². The Morgan fingerprint density at radius 3 is 2.47 bits per heavy atom. The number of anilines is 1. The molecule has 2 amide bonds. The number of hydrogen-bond acceptors (Lipinski definition) is 4. The first kappa shape index (κ1) is 20.7. The van der Waals surface area contributed by atoms with E-state index in [0.29, 0.717) is 19.0 Å². The van der Waals surface area contributed by atoms with Crippen LogP contribution in [0.4, 0.5) is 10.5 Å². The zero-order valence-electron chi connectivity index (χ0n) is 17.6. The summed E-state index contributed by atoms with van der Waals surface area (Å²) >= 11 is 0. The highest BCUT2D eigenvalue weighted by atomic mass is 16.5. The lowest BCUT2D eigenvalue weighted by molar-refractivity contribution is 0.0341. The fraction of sp³-hybridized carbons (Fsp3) is 0.458. The Hall–Kier alpha value is -2.57. The van der Waals surface area contributed by atoms with E-state index in [4.69, 9.17) is 4.74 Å². The van der Waals surface area contributed by atoms with Crippen LogP contribution in [0.15, 0.2) is 54.6 Å². The molecule has 2 heterocycles. The van der Waals surface area contributed by atoms with Crippen LogP contribution in [0, 0.1) is 5.92 Å². The molecule has 2 aliphatic heterocycles. The largest absolute Gasteiger partial charge is 0.379 e. The Bertz CT molecular complexity index is 808. The molecule has 2 aromatic rings. The van der Waals surface area contributed by atoms with Crippen molar-refractivity contribution in [2.45, 2.75) is 19.5 Å². The van der Waals surface area contributed by atoms with E-state index in [0.717, 1.165) is 52.4 Å². The maximum Gasteiger partial charge on any atom is 0.315 e. The third kappa shape index (κ3) is 5.74. The SMILES string of the molecule is O=C(NCc1ccccc1CN1CCOCC1)NCC1CCN(c2ccccc2)C1. The second-order valence-electron chi connectivity index (χ2n) is 8.16. The normalized spacial score (nSPS) is 19.6. The van der Waals surface area contributed by atoms with E-state index in [2.05, 4.69) is 62.9 Å². The van der Waals surface area contributed by atoms with Crippen LogP contribution in [-0.2, 0) is 17.8 Å². The highest BCUT2D eigenvalue weighted by molar-refractivity contribution is 5.73. The molecule has 0 radical (unpaired) electrons. The Kier molecular flexibility index (Phi) is 7.21. The average molecular weight is 409 g/mol. The van der Waals surface area contributed by atoms with Crippen LogP contribution in [0.2, 0.25) is 0 Å². The van der Waals surface area contributed by atoms with Gasteiger partial charge in [-0.3, -0.25) is 4.90 Å². The van der Waals surface area contributed by atoms with Gasteiger partial charge in [-0.15, -0.1) is 0 Å². The fourth-order valence-electron chi connectivity index (χ4n) is 4.23. The smallest absolute Gasteiger partial charge is 0.315 e. The molecule has 6 nitrogen and oxygen atoms in total. The number of urea groups is 1. The van der Waals surface area contributed by atoms with E-state index in [1.54, 1.807) is 0 Å². The molecule has 2 N–H and O–H groups in total. The van der Waals surface area contributed by atoms with E-state index in [1.165, 1.54) is 16.8 Å². The molecule has 0 bridgehead atoms. The molecule has 0 aliphatic carbocycles. The van der Waals surface area contributed by atoms with Gasteiger partial charge in [-0.25, -0.2) is 4.79 Å². The molecule has 0 spiro atoms.